The van der Waals surface area contributed by atoms with Crippen LogP contribution in [0.3, 0.4) is 0 Å². The van der Waals surface area contributed by atoms with E-state index in [2.05, 4.69) is 5.32 Å². The predicted molar refractivity (Wildman–Crippen MR) is 145 cm³/mol. The number of fused-ring (bicyclic) bond motifs is 1. The Bertz CT molecular complexity index is 1490. The maximum absolute atomic E-state index is 13.2. The van der Waals surface area contributed by atoms with Crippen LogP contribution in [-0.2, 0) is 9.53 Å². The lowest BCUT2D eigenvalue weighted by molar-refractivity contribution is -0.124. The van der Waals surface area contributed by atoms with Gasteiger partial charge < -0.3 is 10.1 Å². The van der Waals surface area contributed by atoms with E-state index >= 15 is 0 Å². The van der Waals surface area contributed by atoms with Gasteiger partial charge in [-0.2, -0.15) is 0 Å². The van der Waals surface area contributed by atoms with Gasteiger partial charge in [-0.15, -0.1) is 0 Å². The molecule has 0 atom stereocenters. The molecule has 0 aliphatic rings. The van der Waals surface area contributed by atoms with E-state index in [4.69, 9.17) is 9.72 Å². The number of aryl methyl sites for hydroxylation is 1. The van der Waals surface area contributed by atoms with Crippen molar-refractivity contribution in [3.8, 4) is 11.3 Å². The van der Waals surface area contributed by atoms with Crippen LogP contribution in [0, 0.1) is 6.92 Å². The number of nitrogens with zero attached hydrogens (tertiary/aromatic N) is 1. The monoisotopic (exact) mass is 486 g/mol. The smallest absolute Gasteiger partial charge is 0.339 e. The van der Waals surface area contributed by atoms with Gasteiger partial charge >= 0.3 is 5.97 Å². The summed E-state index contributed by atoms with van der Waals surface area (Å²) in [6.07, 6.45) is 0. The number of hydrogen-bond donors (Lipinski definition) is 1. The number of rotatable bonds is 7. The van der Waals surface area contributed by atoms with Crippen LogP contribution in [0.1, 0.15) is 33.1 Å². The van der Waals surface area contributed by atoms with Crippen LogP contribution in [0.4, 0.5) is 0 Å². The van der Waals surface area contributed by atoms with Crippen molar-refractivity contribution in [3.05, 3.63) is 138 Å². The molecule has 5 aromatic rings. The fraction of sp³-hybridized carbons (Fsp3) is 0.0938. The van der Waals surface area contributed by atoms with Crippen LogP contribution < -0.4 is 5.32 Å². The molecule has 1 aromatic heterocycles. The minimum absolute atomic E-state index is 0.358. The highest BCUT2D eigenvalue weighted by Gasteiger charge is 2.20. The van der Waals surface area contributed by atoms with E-state index in [1.807, 2.05) is 116 Å². The van der Waals surface area contributed by atoms with Crippen molar-refractivity contribution in [3.63, 3.8) is 0 Å². The Morgan fingerprint density at radius 3 is 2.03 bits per heavy atom. The van der Waals surface area contributed by atoms with Crippen LogP contribution in [0.25, 0.3) is 22.2 Å². The van der Waals surface area contributed by atoms with E-state index in [0.717, 1.165) is 22.3 Å². The first kappa shape index (κ1) is 23.9. The van der Waals surface area contributed by atoms with Gasteiger partial charge in [-0.1, -0.05) is 109 Å². The van der Waals surface area contributed by atoms with Crippen molar-refractivity contribution in [2.45, 2.75) is 13.0 Å². The van der Waals surface area contributed by atoms with E-state index in [-0.39, 0.29) is 11.9 Å². The van der Waals surface area contributed by atoms with Gasteiger partial charge in [-0.05, 0) is 30.2 Å². The summed E-state index contributed by atoms with van der Waals surface area (Å²) < 4.78 is 5.50. The molecule has 1 heterocycles. The zero-order chi connectivity index (χ0) is 25.6. The van der Waals surface area contributed by atoms with Gasteiger partial charge in [0, 0.05) is 10.9 Å². The molecule has 0 fully saturated rings. The van der Waals surface area contributed by atoms with Crippen LogP contribution in [0.15, 0.2) is 115 Å². The summed E-state index contributed by atoms with van der Waals surface area (Å²) in [7, 11) is 0. The number of para-hydroxylation sites is 1. The number of esters is 1. The van der Waals surface area contributed by atoms with Crippen molar-refractivity contribution in [1.82, 2.24) is 10.3 Å². The van der Waals surface area contributed by atoms with Gasteiger partial charge in [0.25, 0.3) is 5.91 Å². The minimum Gasteiger partial charge on any atom is -0.452 e. The fourth-order valence-electron chi connectivity index (χ4n) is 4.28. The van der Waals surface area contributed by atoms with E-state index in [1.165, 1.54) is 0 Å². The molecule has 0 bridgehead atoms. The Morgan fingerprint density at radius 1 is 0.784 bits per heavy atom. The van der Waals surface area contributed by atoms with Crippen LogP contribution in [0.5, 0.6) is 0 Å². The lowest BCUT2D eigenvalue weighted by Crippen LogP contribution is -2.33. The molecule has 4 aromatic carbocycles. The van der Waals surface area contributed by atoms with E-state index < -0.39 is 12.6 Å². The standard InChI is InChI=1S/C32H26N2O3/c1-22-16-18-23(19-17-22)29-20-27(26-14-8-9-15-28(26)33-29)32(36)37-21-30(35)34-31(24-10-4-2-5-11-24)25-12-6-3-7-13-25/h2-20,31H,21H2,1H3,(H,34,35). The second kappa shape index (κ2) is 10.9. The number of carbonyl (C=O) groups is 2. The van der Waals surface area contributed by atoms with Crippen molar-refractivity contribution in [2.75, 3.05) is 6.61 Å². The third kappa shape index (κ3) is 5.57. The third-order valence-electron chi connectivity index (χ3n) is 6.19. The van der Waals surface area contributed by atoms with Gasteiger partial charge in [0.2, 0.25) is 0 Å². The number of aromatic nitrogens is 1. The highest BCUT2D eigenvalue weighted by atomic mass is 16.5. The number of hydrogen-bond acceptors (Lipinski definition) is 4. The number of pyridine rings is 1. The van der Waals surface area contributed by atoms with Crippen LogP contribution >= 0.6 is 0 Å². The Balaban J connectivity index is 1.36. The van der Waals surface area contributed by atoms with Crippen LogP contribution in [-0.4, -0.2) is 23.5 Å². The predicted octanol–water partition coefficient (Wildman–Crippen LogP) is 6.27. The van der Waals surface area contributed by atoms with Crippen molar-refractivity contribution in [2.24, 2.45) is 0 Å². The molecule has 0 aliphatic heterocycles. The number of ether oxygens (including phenoxy) is 1. The third-order valence-corrected chi connectivity index (χ3v) is 6.19. The average molecular weight is 487 g/mol. The van der Waals surface area contributed by atoms with Crippen LogP contribution in [0.2, 0.25) is 0 Å². The average Bonchev–Trinajstić information content (AvgIpc) is 2.95. The molecule has 182 valence electrons. The molecule has 0 aliphatic carbocycles. The van der Waals surface area contributed by atoms with Gasteiger partial charge in [0.1, 0.15) is 0 Å². The molecular weight excluding hydrogens is 460 g/mol. The molecule has 0 saturated carbocycles. The molecule has 0 spiro atoms. The molecule has 0 radical (unpaired) electrons. The normalized spacial score (nSPS) is 10.9. The van der Waals surface area contributed by atoms with Gasteiger partial charge in [-0.25, -0.2) is 9.78 Å². The number of benzene rings is 4. The first-order chi connectivity index (χ1) is 18.1. The lowest BCUT2D eigenvalue weighted by Gasteiger charge is -2.20. The van der Waals surface area contributed by atoms with Crippen molar-refractivity contribution in [1.29, 1.82) is 0 Å². The second-order valence-electron chi connectivity index (χ2n) is 8.84. The van der Waals surface area contributed by atoms with Gasteiger partial charge in [0.05, 0.1) is 22.8 Å². The maximum Gasteiger partial charge on any atom is 0.339 e. The molecule has 5 rings (SSSR count). The zero-order valence-corrected chi connectivity index (χ0v) is 20.4. The molecule has 5 heteroatoms. The molecular formula is C32H26N2O3. The summed E-state index contributed by atoms with van der Waals surface area (Å²) in [5, 5.41) is 3.68. The second-order valence-corrected chi connectivity index (χ2v) is 8.84. The quantitative estimate of drug-likeness (QED) is 0.275. The first-order valence-corrected chi connectivity index (χ1v) is 12.1. The summed E-state index contributed by atoms with van der Waals surface area (Å²) in [5.74, 6) is -0.957. The molecule has 1 amide bonds. The molecule has 1 N–H and O–H groups in total. The molecule has 0 saturated heterocycles. The summed E-state index contributed by atoms with van der Waals surface area (Å²) in [4.78, 5) is 30.8. The molecule has 37 heavy (non-hydrogen) atoms. The van der Waals surface area contributed by atoms with Crippen molar-refractivity contribution < 1.29 is 14.3 Å². The molecule has 0 unspecified atom stereocenters. The summed E-state index contributed by atoms with van der Waals surface area (Å²) in [5.41, 5.74) is 5.65. The van der Waals surface area contributed by atoms with Gasteiger partial charge in [-0.3, -0.25) is 4.79 Å². The largest absolute Gasteiger partial charge is 0.452 e. The van der Waals surface area contributed by atoms with Gasteiger partial charge in [0.15, 0.2) is 6.61 Å². The topological polar surface area (TPSA) is 68.3 Å². The van der Waals surface area contributed by atoms with E-state index in [9.17, 15) is 9.59 Å². The Kier molecular flexibility index (Phi) is 7.04. The fourth-order valence-corrected chi connectivity index (χ4v) is 4.28. The minimum atomic E-state index is -0.571. The lowest BCUT2D eigenvalue weighted by atomic mass is 9.99. The molecule has 5 nitrogen and oxygen atoms in total. The Hall–Kier alpha value is -4.77. The highest BCUT2D eigenvalue weighted by Crippen LogP contribution is 2.26. The van der Waals surface area contributed by atoms with E-state index in [1.54, 1.807) is 6.07 Å². The Morgan fingerprint density at radius 2 is 1.38 bits per heavy atom. The number of amides is 1. The zero-order valence-electron chi connectivity index (χ0n) is 20.4. The summed E-state index contributed by atoms with van der Waals surface area (Å²) in [6, 6.07) is 36.2. The summed E-state index contributed by atoms with van der Waals surface area (Å²) >= 11 is 0. The summed E-state index contributed by atoms with van der Waals surface area (Å²) in [6.45, 7) is 1.62. The number of nitrogens with one attached hydrogen (secondary N) is 1. The maximum atomic E-state index is 13.2. The SMILES string of the molecule is Cc1ccc(-c2cc(C(=O)OCC(=O)NC(c3ccccc3)c3ccccc3)c3ccccc3n2)cc1. The number of carbonyl (C=O) groups excluding carboxylic acids is 2. The van der Waals surface area contributed by atoms with E-state index in [0.29, 0.717) is 22.2 Å². The highest BCUT2D eigenvalue weighted by molar-refractivity contribution is 6.05. The first-order valence-electron chi connectivity index (χ1n) is 12.1. The Labute approximate surface area is 215 Å². The van der Waals surface area contributed by atoms with Crippen molar-refractivity contribution >= 4 is 22.8 Å².